The molecule has 19 heavy (non-hydrogen) atoms. The van der Waals surface area contributed by atoms with Crippen LogP contribution in [0.15, 0.2) is 33.7 Å². The van der Waals surface area contributed by atoms with Gasteiger partial charge >= 0.3 is 0 Å². The fourth-order valence-electron chi connectivity index (χ4n) is 1.32. The molecule has 0 bridgehead atoms. The highest BCUT2D eigenvalue weighted by molar-refractivity contribution is 9.10. The molecule has 0 aliphatic carbocycles. The SMILES string of the molecule is CCC(C)NC(N)=NCC(=O)Nc1cccc(Br)c1. The Bertz CT molecular complexity index is 462. The molecule has 0 saturated carbocycles. The minimum atomic E-state index is -0.202. The third-order valence-corrected chi connectivity index (χ3v) is 3.00. The maximum absolute atomic E-state index is 11.7. The minimum absolute atomic E-state index is 0.00177. The Labute approximate surface area is 121 Å². The topological polar surface area (TPSA) is 79.5 Å². The van der Waals surface area contributed by atoms with Crippen LogP contribution in [0, 0.1) is 0 Å². The first-order valence-corrected chi connectivity index (χ1v) is 6.92. The number of carbonyl (C=O) groups is 1. The summed E-state index contributed by atoms with van der Waals surface area (Å²) in [5.74, 6) is 0.0887. The van der Waals surface area contributed by atoms with E-state index in [-0.39, 0.29) is 18.5 Å². The van der Waals surface area contributed by atoms with E-state index in [0.29, 0.717) is 5.96 Å². The van der Waals surface area contributed by atoms with Gasteiger partial charge in [0.2, 0.25) is 5.91 Å². The minimum Gasteiger partial charge on any atom is -0.370 e. The van der Waals surface area contributed by atoms with Gasteiger partial charge in [0, 0.05) is 16.2 Å². The summed E-state index contributed by atoms with van der Waals surface area (Å²) in [7, 11) is 0. The predicted molar refractivity (Wildman–Crippen MR) is 82.1 cm³/mol. The van der Waals surface area contributed by atoms with Gasteiger partial charge in [0.25, 0.3) is 0 Å². The third kappa shape index (κ3) is 6.24. The first kappa shape index (κ1) is 15.5. The molecule has 6 heteroatoms. The van der Waals surface area contributed by atoms with Crippen molar-refractivity contribution in [2.75, 3.05) is 11.9 Å². The van der Waals surface area contributed by atoms with Gasteiger partial charge in [-0.25, -0.2) is 4.99 Å². The number of halogens is 1. The molecule has 1 aromatic carbocycles. The number of benzene rings is 1. The zero-order chi connectivity index (χ0) is 14.3. The average molecular weight is 327 g/mol. The highest BCUT2D eigenvalue weighted by Gasteiger charge is 2.03. The molecule has 5 nitrogen and oxygen atoms in total. The number of nitrogens with one attached hydrogen (secondary N) is 2. The van der Waals surface area contributed by atoms with Gasteiger partial charge in [-0.15, -0.1) is 0 Å². The molecule has 0 aromatic heterocycles. The Morgan fingerprint density at radius 1 is 1.53 bits per heavy atom. The number of rotatable bonds is 5. The lowest BCUT2D eigenvalue weighted by Gasteiger charge is -2.11. The molecular formula is C13H19BrN4O. The van der Waals surface area contributed by atoms with Crippen LogP contribution in [0.3, 0.4) is 0 Å². The Balaban J connectivity index is 2.45. The number of hydrogen-bond acceptors (Lipinski definition) is 2. The summed E-state index contributed by atoms with van der Waals surface area (Å²) in [6.45, 7) is 4.05. The Kier molecular flexibility index (Phi) is 6.35. The normalized spacial score (nSPS) is 12.9. The highest BCUT2D eigenvalue weighted by atomic mass is 79.9. The van der Waals surface area contributed by atoms with Crippen molar-refractivity contribution in [3.8, 4) is 0 Å². The molecule has 1 unspecified atom stereocenters. The second-order valence-electron chi connectivity index (χ2n) is 4.21. The number of carbonyl (C=O) groups excluding carboxylic acids is 1. The van der Waals surface area contributed by atoms with E-state index in [9.17, 15) is 4.79 Å². The lowest BCUT2D eigenvalue weighted by Crippen LogP contribution is -2.38. The molecule has 0 radical (unpaired) electrons. The molecule has 1 rings (SSSR count). The quantitative estimate of drug-likeness (QED) is 0.572. The summed E-state index contributed by atoms with van der Waals surface area (Å²) in [5, 5.41) is 5.74. The van der Waals surface area contributed by atoms with Crippen molar-refractivity contribution >= 4 is 33.5 Å². The van der Waals surface area contributed by atoms with Crippen molar-refractivity contribution in [3.05, 3.63) is 28.7 Å². The number of nitrogens with two attached hydrogens (primary N) is 1. The summed E-state index contributed by atoms with van der Waals surface area (Å²) >= 11 is 3.34. The molecule has 0 saturated heterocycles. The largest absolute Gasteiger partial charge is 0.370 e. The van der Waals surface area contributed by atoms with E-state index in [1.54, 1.807) is 0 Å². The molecule has 1 amide bonds. The molecule has 0 aliphatic heterocycles. The maximum atomic E-state index is 11.7. The number of anilines is 1. The Morgan fingerprint density at radius 3 is 2.89 bits per heavy atom. The first-order chi connectivity index (χ1) is 9.01. The van der Waals surface area contributed by atoms with Crippen LogP contribution >= 0.6 is 15.9 Å². The van der Waals surface area contributed by atoms with Crippen LogP contribution in [0.1, 0.15) is 20.3 Å². The van der Waals surface area contributed by atoms with Crippen LogP contribution in [-0.4, -0.2) is 24.5 Å². The molecule has 0 heterocycles. The molecule has 0 fully saturated rings. The van der Waals surface area contributed by atoms with Gasteiger partial charge in [0.1, 0.15) is 6.54 Å². The van der Waals surface area contributed by atoms with Crippen LogP contribution < -0.4 is 16.4 Å². The van der Waals surface area contributed by atoms with Crippen LogP contribution in [-0.2, 0) is 4.79 Å². The van der Waals surface area contributed by atoms with E-state index in [2.05, 4.69) is 31.6 Å². The van der Waals surface area contributed by atoms with Gasteiger partial charge in [-0.3, -0.25) is 4.79 Å². The molecule has 1 aromatic rings. The van der Waals surface area contributed by atoms with Gasteiger partial charge < -0.3 is 16.4 Å². The molecule has 1 atom stereocenters. The average Bonchev–Trinajstić information content (AvgIpc) is 2.36. The number of amides is 1. The smallest absolute Gasteiger partial charge is 0.246 e. The number of guanidine groups is 1. The van der Waals surface area contributed by atoms with E-state index in [1.807, 2.05) is 38.1 Å². The zero-order valence-corrected chi connectivity index (χ0v) is 12.7. The van der Waals surface area contributed by atoms with Crippen molar-refractivity contribution in [1.82, 2.24) is 5.32 Å². The van der Waals surface area contributed by atoms with Crippen LogP contribution in [0.25, 0.3) is 0 Å². The van der Waals surface area contributed by atoms with Gasteiger partial charge in [-0.1, -0.05) is 28.9 Å². The lowest BCUT2D eigenvalue weighted by atomic mass is 10.3. The number of nitrogens with zero attached hydrogens (tertiary/aromatic N) is 1. The fraction of sp³-hybridized carbons (Fsp3) is 0.385. The Morgan fingerprint density at radius 2 is 2.26 bits per heavy atom. The van der Waals surface area contributed by atoms with Gasteiger partial charge in [0.15, 0.2) is 5.96 Å². The second kappa shape index (κ2) is 7.78. The zero-order valence-electron chi connectivity index (χ0n) is 11.1. The van der Waals surface area contributed by atoms with Crippen molar-refractivity contribution in [1.29, 1.82) is 0 Å². The van der Waals surface area contributed by atoms with Crippen LogP contribution in [0.4, 0.5) is 5.69 Å². The molecule has 104 valence electrons. The number of aliphatic imine (C=N–C) groups is 1. The van der Waals surface area contributed by atoms with Crippen molar-refractivity contribution in [3.63, 3.8) is 0 Å². The highest BCUT2D eigenvalue weighted by Crippen LogP contribution is 2.15. The Hall–Kier alpha value is -1.56. The molecule has 0 aliphatic rings. The molecule has 4 N–H and O–H groups in total. The van der Waals surface area contributed by atoms with E-state index < -0.39 is 0 Å². The van der Waals surface area contributed by atoms with E-state index in [4.69, 9.17) is 5.73 Å². The van der Waals surface area contributed by atoms with E-state index in [1.165, 1.54) is 0 Å². The summed E-state index contributed by atoms with van der Waals surface area (Å²) in [4.78, 5) is 15.7. The molecule has 0 spiro atoms. The van der Waals surface area contributed by atoms with Crippen molar-refractivity contribution in [2.24, 2.45) is 10.7 Å². The first-order valence-electron chi connectivity index (χ1n) is 6.13. The van der Waals surface area contributed by atoms with Gasteiger partial charge in [-0.05, 0) is 31.5 Å². The summed E-state index contributed by atoms with van der Waals surface area (Å²) in [6.07, 6.45) is 0.945. The third-order valence-electron chi connectivity index (χ3n) is 2.51. The van der Waals surface area contributed by atoms with Gasteiger partial charge in [0.05, 0.1) is 0 Å². The van der Waals surface area contributed by atoms with E-state index in [0.717, 1.165) is 16.6 Å². The molecular weight excluding hydrogens is 308 g/mol. The van der Waals surface area contributed by atoms with Crippen LogP contribution in [0.2, 0.25) is 0 Å². The van der Waals surface area contributed by atoms with Gasteiger partial charge in [-0.2, -0.15) is 0 Å². The lowest BCUT2D eigenvalue weighted by molar-refractivity contribution is -0.114. The summed E-state index contributed by atoms with van der Waals surface area (Å²) in [6, 6.07) is 7.62. The van der Waals surface area contributed by atoms with E-state index >= 15 is 0 Å². The maximum Gasteiger partial charge on any atom is 0.246 e. The second-order valence-corrected chi connectivity index (χ2v) is 5.13. The summed E-state index contributed by atoms with van der Waals surface area (Å²) < 4.78 is 0.909. The standard InChI is InChI=1S/C13H19BrN4O/c1-3-9(2)17-13(15)16-8-12(19)18-11-6-4-5-10(14)7-11/h4-7,9H,3,8H2,1-2H3,(H,18,19)(H3,15,16,17). The van der Waals surface area contributed by atoms with Crippen molar-refractivity contribution < 1.29 is 4.79 Å². The van der Waals surface area contributed by atoms with Crippen molar-refractivity contribution in [2.45, 2.75) is 26.3 Å². The summed E-state index contributed by atoms with van der Waals surface area (Å²) in [5.41, 5.74) is 6.39. The predicted octanol–water partition coefficient (Wildman–Crippen LogP) is 2.09. The monoisotopic (exact) mass is 326 g/mol. The fourth-order valence-corrected chi connectivity index (χ4v) is 1.72. The van der Waals surface area contributed by atoms with Crippen LogP contribution in [0.5, 0.6) is 0 Å². The number of hydrogen-bond donors (Lipinski definition) is 3.